The molecule has 3 aromatic carbocycles. The first-order valence-electron chi connectivity index (χ1n) is 8.75. The molecule has 0 unspecified atom stereocenters. The van der Waals surface area contributed by atoms with E-state index >= 15 is 0 Å². The molecule has 0 N–H and O–H groups in total. The van der Waals surface area contributed by atoms with Gasteiger partial charge in [-0.15, -0.1) is 0 Å². The molecule has 0 amide bonds. The van der Waals surface area contributed by atoms with E-state index in [1.165, 1.54) is 27.8 Å². The van der Waals surface area contributed by atoms with Crippen LogP contribution >= 0.6 is 0 Å². The monoisotopic (exact) mass is 340 g/mol. The standard InChI is InChI=1S/C25H24O/c1-17(2)20(5)26-25-15-14-24(16-19(25)4)23-12-10-22(11-13-23)21-8-6-18(3)7-9-21/h6-16H,1,5H2,2-4H3. The number of benzene rings is 3. The molecule has 0 aliphatic heterocycles. The van der Waals surface area contributed by atoms with Gasteiger partial charge in [-0.25, -0.2) is 0 Å². The predicted octanol–water partition coefficient (Wildman–Crippen LogP) is 7.11. The molecular weight excluding hydrogens is 316 g/mol. The topological polar surface area (TPSA) is 9.23 Å². The maximum atomic E-state index is 5.79. The van der Waals surface area contributed by atoms with Crippen LogP contribution in [-0.4, -0.2) is 0 Å². The third-order valence-electron chi connectivity index (χ3n) is 4.49. The molecule has 0 fully saturated rings. The highest BCUT2D eigenvalue weighted by molar-refractivity contribution is 5.71. The quantitative estimate of drug-likeness (QED) is 0.355. The van der Waals surface area contributed by atoms with Crippen molar-refractivity contribution in [1.82, 2.24) is 0 Å². The van der Waals surface area contributed by atoms with Gasteiger partial charge in [-0.2, -0.15) is 0 Å². The summed E-state index contributed by atoms with van der Waals surface area (Å²) in [5.74, 6) is 1.42. The summed E-state index contributed by atoms with van der Waals surface area (Å²) in [6.07, 6.45) is 0. The zero-order valence-electron chi connectivity index (χ0n) is 15.7. The van der Waals surface area contributed by atoms with Crippen LogP contribution in [0.5, 0.6) is 5.75 Å². The lowest BCUT2D eigenvalue weighted by atomic mass is 9.98. The van der Waals surface area contributed by atoms with Gasteiger partial charge in [0.1, 0.15) is 11.5 Å². The van der Waals surface area contributed by atoms with Gasteiger partial charge in [-0.1, -0.05) is 73.3 Å². The van der Waals surface area contributed by atoms with E-state index in [1.54, 1.807) is 0 Å². The molecule has 0 saturated heterocycles. The van der Waals surface area contributed by atoms with Crippen LogP contribution in [0.25, 0.3) is 22.3 Å². The molecular formula is C25H24O. The predicted molar refractivity (Wildman–Crippen MR) is 111 cm³/mol. The van der Waals surface area contributed by atoms with Crippen LogP contribution < -0.4 is 4.74 Å². The van der Waals surface area contributed by atoms with E-state index in [0.29, 0.717) is 5.76 Å². The third-order valence-corrected chi connectivity index (χ3v) is 4.49. The van der Waals surface area contributed by atoms with Gasteiger partial charge in [0.25, 0.3) is 0 Å². The lowest BCUT2D eigenvalue weighted by Crippen LogP contribution is -1.96. The second-order valence-electron chi connectivity index (χ2n) is 6.73. The number of aryl methyl sites for hydroxylation is 2. The van der Waals surface area contributed by atoms with Crippen LogP contribution in [0.1, 0.15) is 18.1 Å². The van der Waals surface area contributed by atoms with Gasteiger partial charge >= 0.3 is 0 Å². The van der Waals surface area contributed by atoms with Gasteiger partial charge in [0.15, 0.2) is 0 Å². The van der Waals surface area contributed by atoms with E-state index < -0.39 is 0 Å². The first kappa shape index (κ1) is 17.8. The largest absolute Gasteiger partial charge is 0.457 e. The van der Waals surface area contributed by atoms with E-state index in [0.717, 1.165) is 16.9 Å². The van der Waals surface area contributed by atoms with Crippen LogP contribution in [0.15, 0.2) is 91.2 Å². The van der Waals surface area contributed by atoms with Crippen LogP contribution in [0, 0.1) is 13.8 Å². The van der Waals surface area contributed by atoms with Crippen LogP contribution in [0.4, 0.5) is 0 Å². The maximum absolute atomic E-state index is 5.79. The van der Waals surface area contributed by atoms with Crippen molar-refractivity contribution in [2.45, 2.75) is 20.8 Å². The van der Waals surface area contributed by atoms with E-state index in [9.17, 15) is 0 Å². The highest BCUT2D eigenvalue weighted by atomic mass is 16.5. The van der Waals surface area contributed by atoms with E-state index in [4.69, 9.17) is 4.74 Å². The number of ether oxygens (including phenoxy) is 1. The Bertz CT molecular complexity index is 944. The molecule has 0 aliphatic rings. The Morgan fingerprint density at radius 1 is 0.692 bits per heavy atom. The Kier molecular flexibility index (Phi) is 5.09. The SMILES string of the molecule is C=C(C)C(=C)Oc1ccc(-c2ccc(-c3ccc(C)cc3)cc2)cc1C. The molecule has 26 heavy (non-hydrogen) atoms. The van der Waals surface area contributed by atoms with Gasteiger partial charge in [-0.05, 0) is 66.3 Å². The van der Waals surface area contributed by atoms with Crippen molar-refractivity contribution in [1.29, 1.82) is 0 Å². The number of hydrogen-bond donors (Lipinski definition) is 0. The number of allylic oxidation sites excluding steroid dienone is 1. The average molecular weight is 340 g/mol. The summed E-state index contributed by atoms with van der Waals surface area (Å²) in [6, 6.07) is 23.5. The summed E-state index contributed by atoms with van der Waals surface area (Å²) >= 11 is 0. The lowest BCUT2D eigenvalue weighted by molar-refractivity contribution is 0.436. The van der Waals surface area contributed by atoms with Crippen molar-refractivity contribution in [2.75, 3.05) is 0 Å². The summed E-state index contributed by atoms with van der Waals surface area (Å²) in [7, 11) is 0. The molecule has 0 radical (unpaired) electrons. The second kappa shape index (κ2) is 7.45. The third kappa shape index (κ3) is 3.94. The fourth-order valence-corrected chi connectivity index (χ4v) is 2.76. The molecule has 3 rings (SSSR count). The minimum atomic E-state index is 0.600. The fraction of sp³-hybridized carbons (Fsp3) is 0.120. The van der Waals surface area contributed by atoms with Gasteiger partial charge in [0, 0.05) is 0 Å². The fourth-order valence-electron chi connectivity index (χ4n) is 2.76. The maximum Gasteiger partial charge on any atom is 0.130 e. The molecule has 1 nitrogen and oxygen atoms in total. The first-order valence-corrected chi connectivity index (χ1v) is 8.75. The van der Waals surface area contributed by atoms with E-state index in [-0.39, 0.29) is 0 Å². The number of hydrogen-bond acceptors (Lipinski definition) is 1. The molecule has 0 aromatic heterocycles. The highest BCUT2D eigenvalue weighted by Crippen LogP contribution is 2.29. The smallest absolute Gasteiger partial charge is 0.130 e. The van der Waals surface area contributed by atoms with E-state index in [2.05, 4.69) is 80.7 Å². The van der Waals surface area contributed by atoms with Crippen molar-refractivity contribution >= 4 is 0 Å². The average Bonchev–Trinajstić information content (AvgIpc) is 2.64. The van der Waals surface area contributed by atoms with E-state index in [1.807, 2.05) is 19.9 Å². The zero-order valence-corrected chi connectivity index (χ0v) is 15.7. The van der Waals surface area contributed by atoms with Gasteiger partial charge in [0.2, 0.25) is 0 Å². The van der Waals surface area contributed by atoms with Crippen molar-refractivity contribution in [3.05, 3.63) is 102 Å². The molecule has 0 heterocycles. The van der Waals surface area contributed by atoms with Gasteiger partial charge in [-0.3, -0.25) is 0 Å². The van der Waals surface area contributed by atoms with Crippen molar-refractivity contribution in [2.24, 2.45) is 0 Å². The summed E-state index contributed by atoms with van der Waals surface area (Å²) < 4.78 is 5.79. The van der Waals surface area contributed by atoms with Crippen molar-refractivity contribution < 1.29 is 4.74 Å². The molecule has 3 aromatic rings. The van der Waals surface area contributed by atoms with Crippen LogP contribution in [0.2, 0.25) is 0 Å². The number of rotatable bonds is 5. The Balaban J connectivity index is 1.83. The van der Waals surface area contributed by atoms with Crippen molar-refractivity contribution in [3.8, 4) is 28.0 Å². The van der Waals surface area contributed by atoms with Crippen LogP contribution in [-0.2, 0) is 0 Å². The highest BCUT2D eigenvalue weighted by Gasteiger charge is 2.06. The summed E-state index contributed by atoms with van der Waals surface area (Å²) in [5.41, 5.74) is 8.01. The molecule has 0 saturated carbocycles. The molecule has 0 spiro atoms. The Morgan fingerprint density at radius 2 is 1.15 bits per heavy atom. The molecule has 0 atom stereocenters. The summed E-state index contributed by atoms with van der Waals surface area (Å²) in [6.45, 7) is 13.8. The van der Waals surface area contributed by atoms with Gasteiger partial charge in [0.05, 0.1) is 0 Å². The van der Waals surface area contributed by atoms with Gasteiger partial charge < -0.3 is 4.74 Å². The lowest BCUT2D eigenvalue weighted by Gasteiger charge is -2.12. The zero-order chi connectivity index (χ0) is 18.7. The van der Waals surface area contributed by atoms with Crippen LogP contribution in [0.3, 0.4) is 0 Å². The minimum Gasteiger partial charge on any atom is -0.457 e. The molecule has 0 bridgehead atoms. The molecule has 0 aliphatic carbocycles. The second-order valence-corrected chi connectivity index (χ2v) is 6.73. The Labute approximate surface area is 156 Å². The molecule has 1 heteroatoms. The minimum absolute atomic E-state index is 0.600. The molecule has 130 valence electrons. The summed E-state index contributed by atoms with van der Waals surface area (Å²) in [4.78, 5) is 0. The Hall–Kier alpha value is -3.06. The van der Waals surface area contributed by atoms with Crippen molar-refractivity contribution in [3.63, 3.8) is 0 Å². The Morgan fingerprint density at radius 3 is 1.65 bits per heavy atom. The first-order chi connectivity index (χ1) is 12.4. The normalized spacial score (nSPS) is 10.4. The summed E-state index contributed by atoms with van der Waals surface area (Å²) in [5, 5.41) is 0.